The van der Waals surface area contributed by atoms with Crippen LogP contribution in [0.15, 0.2) is 48.5 Å². The lowest BCUT2D eigenvalue weighted by atomic mass is 10.2. The first kappa shape index (κ1) is 22.9. The van der Waals surface area contributed by atoms with E-state index in [1.165, 1.54) is 12.1 Å². The number of halogens is 1. The van der Waals surface area contributed by atoms with Gasteiger partial charge in [-0.15, -0.1) is 0 Å². The third kappa shape index (κ3) is 5.46. The van der Waals surface area contributed by atoms with E-state index in [9.17, 15) is 17.6 Å². The molecule has 0 bridgehead atoms. The van der Waals surface area contributed by atoms with Crippen LogP contribution in [0.2, 0.25) is 0 Å². The second-order valence-electron chi connectivity index (χ2n) is 7.45. The quantitative estimate of drug-likeness (QED) is 0.650. The summed E-state index contributed by atoms with van der Waals surface area (Å²) in [7, 11) is -3.68. The highest BCUT2D eigenvalue weighted by molar-refractivity contribution is 7.92. The minimum atomic E-state index is -3.68. The molecule has 168 valence electrons. The summed E-state index contributed by atoms with van der Waals surface area (Å²) in [5, 5.41) is 0. The van der Waals surface area contributed by atoms with Crippen molar-refractivity contribution in [3.05, 3.63) is 54.3 Å². The number of benzene rings is 2. The van der Waals surface area contributed by atoms with Gasteiger partial charge in [-0.05, 0) is 62.4 Å². The van der Waals surface area contributed by atoms with E-state index in [0.29, 0.717) is 44.2 Å². The predicted molar refractivity (Wildman–Crippen MR) is 120 cm³/mol. The molecule has 1 atom stereocenters. The molecular formula is C22H28FN3O4S. The van der Waals surface area contributed by atoms with Gasteiger partial charge in [-0.3, -0.25) is 9.10 Å². The first-order valence-corrected chi connectivity index (χ1v) is 12.1. The Balaban J connectivity index is 1.71. The Hall–Kier alpha value is -2.81. The van der Waals surface area contributed by atoms with Gasteiger partial charge in [0.1, 0.15) is 17.6 Å². The molecule has 0 spiro atoms. The Bertz CT molecular complexity index is 988. The molecule has 1 heterocycles. The summed E-state index contributed by atoms with van der Waals surface area (Å²) in [5.41, 5.74) is 1.31. The van der Waals surface area contributed by atoms with Gasteiger partial charge in [-0.1, -0.05) is 0 Å². The van der Waals surface area contributed by atoms with Crippen LogP contribution >= 0.6 is 0 Å². The molecule has 9 heteroatoms. The zero-order valence-electron chi connectivity index (χ0n) is 18.0. The van der Waals surface area contributed by atoms with E-state index in [1.807, 2.05) is 6.92 Å². The number of sulfonamides is 1. The van der Waals surface area contributed by atoms with Gasteiger partial charge in [0.2, 0.25) is 15.9 Å². The standard InChI is InChI=1S/C22H28FN3O4S/c1-4-30-21-11-9-20(10-12-21)26(31(3,28)29)17(2)22(27)25-15-13-24(14-16-25)19-7-5-18(23)6-8-19/h5-12,17H,4,13-16H2,1-3H3/t17-/m1/s1. The van der Waals surface area contributed by atoms with Crippen molar-refractivity contribution in [1.82, 2.24) is 4.90 Å². The Morgan fingerprint density at radius 2 is 1.65 bits per heavy atom. The topological polar surface area (TPSA) is 70.2 Å². The van der Waals surface area contributed by atoms with Crippen LogP contribution in [0.5, 0.6) is 5.75 Å². The first-order chi connectivity index (χ1) is 14.7. The number of carbonyl (C=O) groups is 1. The molecule has 7 nitrogen and oxygen atoms in total. The van der Waals surface area contributed by atoms with Crippen molar-refractivity contribution in [1.29, 1.82) is 0 Å². The van der Waals surface area contributed by atoms with Gasteiger partial charge < -0.3 is 14.5 Å². The number of hydrogen-bond donors (Lipinski definition) is 0. The lowest BCUT2D eigenvalue weighted by Gasteiger charge is -2.39. The molecule has 0 saturated carbocycles. The monoisotopic (exact) mass is 449 g/mol. The Morgan fingerprint density at radius 3 is 2.16 bits per heavy atom. The summed E-state index contributed by atoms with van der Waals surface area (Å²) in [6.07, 6.45) is 1.10. The van der Waals surface area contributed by atoms with Crippen molar-refractivity contribution < 1.29 is 22.3 Å². The van der Waals surface area contributed by atoms with Gasteiger partial charge in [0.15, 0.2) is 0 Å². The van der Waals surface area contributed by atoms with E-state index >= 15 is 0 Å². The molecule has 1 aliphatic rings. The van der Waals surface area contributed by atoms with Crippen LogP contribution in [0.4, 0.5) is 15.8 Å². The first-order valence-electron chi connectivity index (χ1n) is 10.2. The minimum Gasteiger partial charge on any atom is -0.494 e. The van der Waals surface area contributed by atoms with Crippen molar-refractivity contribution in [2.24, 2.45) is 0 Å². The van der Waals surface area contributed by atoms with Crippen LogP contribution in [0.3, 0.4) is 0 Å². The number of piperazine rings is 1. The number of nitrogens with zero attached hydrogens (tertiary/aromatic N) is 3. The molecule has 0 radical (unpaired) electrons. The van der Waals surface area contributed by atoms with Crippen LogP contribution in [-0.2, 0) is 14.8 Å². The molecule has 0 N–H and O–H groups in total. The maximum absolute atomic E-state index is 13.2. The molecule has 1 saturated heterocycles. The third-order valence-corrected chi connectivity index (χ3v) is 6.49. The number of rotatable bonds is 7. The van der Waals surface area contributed by atoms with Crippen molar-refractivity contribution in [3.63, 3.8) is 0 Å². The average molecular weight is 450 g/mol. The summed E-state index contributed by atoms with van der Waals surface area (Å²) < 4.78 is 44.8. The van der Waals surface area contributed by atoms with E-state index in [1.54, 1.807) is 48.2 Å². The second kappa shape index (κ2) is 9.55. The maximum Gasteiger partial charge on any atom is 0.246 e. The Morgan fingerprint density at radius 1 is 1.06 bits per heavy atom. The molecule has 1 fully saturated rings. The van der Waals surface area contributed by atoms with Crippen molar-refractivity contribution in [2.75, 3.05) is 48.2 Å². The molecule has 31 heavy (non-hydrogen) atoms. The van der Waals surface area contributed by atoms with Crippen LogP contribution < -0.4 is 13.9 Å². The summed E-state index contributed by atoms with van der Waals surface area (Å²) >= 11 is 0. The van der Waals surface area contributed by atoms with E-state index in [2.05, 4.69) is 4.90 Å². The lowest BCUT2D eigenvalue weighted by molar-refractivity contribution is -0.132. The normalized spacial score (nSPS) is 15.5. The van der Waals surface area contributed by atoms with E-state index in [0.717, 1.165) is 16.2 Å². The molecule has 3 rings (SSSR count). The van der Waals surface area contributed by atoms with Crippen LogP contribution in [0.25, 0.3) is 0 Å². The fourth-order valence-electron chi connectivity index (χ4n) is 3.76. The average Bonchev–Trinajstić information content (AvgIpc) is 2.74. The number of carbonyl (C=O) groups excluding carboxylic acids is 1. The molecule has 0 aliphatic carbocycles. The maximum atomic E-state index is 13.2. The highest BCUT2D eigenvalue weighted by Crippen LogP contribution is 2.25. The molecule has 1 amide bonds. The fourth-order valence-corrected chi connectivity index (χ4v) is 4.93. The number of anilines is 2. The van der Waals surface area contributed by atoms with Crippen LogP contribution in [0.1, 0.15) is 13.8 Å². The number of amides is 1. The van der Waals surface area contributed by atoms with Crippen LogP contribution in [-0.4, -0.2) is 64.3 Å². The number of hydrogen-bond acceptors (Lipinski definition) is 5. The fraction of sp³-hybridized carbons (Fsp3) is 0.409. The summed E-state index contributed by atoms with van der Waals surface area (Å²) in [6.45, 7) is 6.08. The van der Waals surface area contributed by atoms with Crippen molar-refractivity contribution in [2.45, 2.75) is 19.9 Å². The Labute approximate surface area is 183 Å². The zero-order chi connectivity index (χ0) is 22.6. The van der Waals surface area contributed by atoms with E-state index in [4.69, 9.17) is 4.74 Å². The third-order valence-electron chi connectivity index (χ3n) is 5.25. The molecule has 1 aliphatic heterocycles. The molecule has 0 aromatic heterocycles. The summed E-state index contributed by atoms with van der Waals surface area (Å²) in [5.74, 6) is 0.0928. The predicted octanol–water partition coefficient (Wildman–Crippen LogP) is 2.73. The lowest BCUT2D eigenvalue weighted by Crippen LogP contribution is -2.55. The molecule has 2 aromatic rings. The SMILES string of the molecule is CCOc1ccc(N([C@H](C)C(=O)N2CCN(c3ccc(F)cc3)CC2)S(C)(=O)=O)cc1. The number of ether oxygens (including phenoxy) is 1. The highest BCUT2D eigenvalue weighted by Gasteiger charge is 2.33. The summed E-state index contributed by atoms with van der Waals surface area (Å²) in [6, 6.07) is 12.0. The highest BCUT2D eigenvalue weighted by atomic mass is 32.2. The van der Waals surface area contributed by atoms with Crippen molar-refractivity contribution >= 4 is 27.3 Å². The van der Waals surface area contributed by atoms with Gasteiger partial charge in [0.25, 0.3) is 0 Å². The van der Waals surface area contributed by atoms with Crippen molar-refractivity contribution in [3.8, 4) is 5.75 Å². The van der Waals surface area contributed by atoms with E-state index < -0.39 is 16.1 Å². The van der Waals surface area contributed by atoms with Crippen LogP contribution in [0, 0.1) is 5.82 Å². The zero-order valence-corrected chi connectivity index (χ0v) is 18.8. The van der Waals surface area contributed by atoms with Gasteiger partial charge in [0.05, 0.1) is 18.6 Å². The van der Waals surface area contributed by atoms with Gasteiger partial charge >= 0.3 is 0 Å². The second-order valence-corrected chi connectivity index (χ2v) is 9.31. The minimum absolute atomic E-state index is 0.252. The Kier molecular flexibility index (Phi) is 7.04. The van der Waals surface area contributed by atoms with Gasteiger partial charge in [-0.25, -0.2) is 12.8 Å². The molecular weight excluding hydrogens is 421 g/mol. The molecule has 2 aromatic carbocycles. The molecule has 0 unspecified atom stereocenters. The van der Waals surface area contributed by atoms with Gasteiger partial charge in [-0.2, -0.15) is 0 Å². The summed E-state index contributed by atoms with van der Waals surface area (Å²) in [4.78, 5) is 16.9. The van der Waals surface area contributed by atoms with Gasteiger partial charge in [0, 0.05) is 31.9 Å². The largest absolute Gasteiger partial charge is 0.494 e. The van der Waals surface area contributed by atoms with E-state index in [-0.39, 0.29) is 11.7 Å². The smallest absolute Gasteiger partial charge is 0.246 e.